The van der Waals surface area contributed by atoms with Gasteiger partial charge in [-0.2, -0.15) is 0 Å². The molecule has 1 aromatic rings. The molecule has 1 aromatic carbocycles. The SMILES string of the molecule is CCC1(CC)OC[C@@H](c2ccccc2)N(CC(=O)O)C1=O. The Bertz CT molecular complexity index is 510. The molecule has 1 atom stereocenters. The molecule has 114 valence electrons. The zero-order valence-corrected chi connectivity index (χ0v) is 12.4. The summed E-state index contributed by atoms with van der Waals surface area (Å²) in [6, 6.07) is 9.07. The summed E-state index contributed by atoms with van der Waals surface area (Å²) < 4.78 is 5.87. The number of aliphatic carboxylic acids is 1. The molecule has 0 spiro atoms. The first-order valence-corrected chi connectivity index (χ1v) is 7.26. The third-order valence-corrected chi connectivity index (χ3v) is 4.18. The van der Waals surface area contributed by atoms with Crippen molar-refractivity contribution in [1.29, 1.82) is 0 Å². The molecular formula is C16H21NO4. The third kappa shape index (κ3) is 2.93. The minimum atomic E-state index is -1.01. The second kappa shape index (κ2) is 6.26. The van der Waals surface area contributed by atoms with Crippen LogP contribution in [0.25, 0.3) is 0 Å². The van der Waals surface area contributed by atoms with E-state index in [1.807, 2.05) is 44.2 Å². The Morgan fingerprint density at radius 1 is 1.33 bits per heavy atom. The summed E-state index contributed by atoms with van der Waals surface area (Å²) in [6.07, 6.45) is 1.08. The van der Waals surface area contributed by atoms with Crippen LogP contribution in [-0.4, -0.2) is 40.6 Å². The highest BCUT2D eigenvalue weighted by Gasteiger charge is 2.47. The number of carboxylic acids is 1. The van der Waals surface area contributed by atoms with E-state index in [9.17, 15) is 9.59 Å². The molecule has 1 fully saturated rings. The van der Waals surface area contributed by atoms with E-state index in [1.165, 1.54) is 4.90 Å². The largest absolute Gasteiger partial charge is 0.480 e. The van der Waals surface area contributed by atoms with Gasteiger partial charge in [-0.1, -0.05) is 44.2 Å². The number of morpholine rings is 1. The van der Waals surface area contributed by atoms with Crippen LogP contribution in [0, 0.1) is 0 Å². The second-order valence-corrected chi connectivity index (χ2v) is 5.27. The number of ether oxygens (including phenoxy) is 1. The molecule has 1 heterocycles. The number of carboxylic acid groups (broad SMARTS) is 1. The maximum absolute atomic E-state index is 12.8. The van der Waals surface area contributed by atoms with Crippen molar-refractivity contribution in [3.05, 3.63) is 35.9 Å². The van der Waals surface area contributed by atoms with Crippen LogP contribution < -0.4 is 0 Å². The van der Waals surface area contributed by atoms with Crippen LogP contribution in [0.4, 0.5) is 0 Å². The molecule has 2 rings (SSSR count). The zero-order valence-electron chi connectivity index (χ0n) is 12.4. The highest BCUT2D eigenvalue weighted by Crippen LogP contribution is 2.35. The number of amides is 1. The molecule has 0 aliphatic carbocycles. The van der Waals surface area contributed by atoms with Gasteiger partial charge in [0.25, 0.3) is 5.91 Å². The summed E-state index contributed by atoms with van der Waals surface area (Å²) in [5, 5.41) is 9.13. The lowest BCUT2D eigenvalue weighted by molar-refractivity contribution is -0.184. The first-order chi connectivity index (χ1) is 10.0. The first kappa shape index (κ1) is 15.5. The Balaban J connectivity index is 2.35. The standard InChI is InChI=1S/C16H21NO4/c1-3-16(4-2)15(20)17(10-14(18)19)13(11-21-16)12-8-6-5-7-9-12/h5-9,13H,3-4,10-11H2,1-2H3,(H,18,19)/t13-/m0/s1. The average molecular weight is 291 g/mol. The number of carbonyl (C=O) groups excluding carboxylic acids is 1. The predicted octanol–water partition coefficient (Wildman–Crippen LogP) is 2.23. The van der Waals surface area contributed by atoms with E-state index < -0.39 is 11.6 Å². The van der Waals surface area contributed by atoms with Crippen molar-refractivity contribution in [2.75, 3.05) is 13.2 Å². The number of carbonyl (C=O) groups is 2. The fourth-order valence-corrected chi connectivity index (χ4v) is 2.83. The molecule has 1 aliphatic heterocycles. The number of hydrogen-bond acceptors (Lipinski definition) is 3. The van der Waals surface area contributed by atoms with Crippen molar-refractivity contribution in [2.24, 2.45) is 0 Å². The molecular weight excluding hydrogens is 270 g/mol. The molecule has 1 N–H and O–H groups in total. The first-order valence-electron chi connectivity index (χ1n) is 7.26. The Morgan fingerprint density at radius 3 is 2.48 bits per heavy atom. The Kier molecular flexibility index (Phi) is 4.63. The highest BCUT2D eigenvalue weighted by atomic mass is 16.5. The molecule has 0 aromatic heterocycles. The van der Waals surface area contributed by atoms with E-state index in [-0.39, 0.29) is 18.5 Å². The lowest BCUT2D eigenvalue weighted by Gasteiger charge is -2.45. The molecule has 0 unspecified atom stereocenters. The van der Waals surface area contributed by atoms with Gasteiger partial charge in [0.2, 0.25) is 0 Å². The van der Waals surface area contributed by atoms with E-state index in [1.54, 1.807) is 0 Å². The van der Waals surface area contributed by atoms with Crippen LogP contribution in [0.3, 0.4) is 0 Å². The van der Waals surface area contributed by atoms with Gasteiger partial charge < -0.3 is 14.7 Å². The summed E-state index contributed by atoms with van der Waals surface area (Å²) in [7, 11) is 0. The van der Waals surface area contributed by atoms with Crippen molar-refractivity contribution < 1.29 is 19.4 Å². The van der Waals surface area contributed by atoms with E-state index >= 15 is 0 Å². The van der Waals surface area contributed by atoms with Crippen LogP contribution in [0.1, 0.15) is 38.3 Å². The fourth-order valence-electron chi connectivity index (χ4n) is 2.83. The summed E-state index contributed by atoms with van der Waals surface area (Å²) >= 11 is 0. The zero-order chi connectivity index (χ0) is 15.5. The molecule has 5 heteroatoms. The van der Waals surface area contributed by atoms with Crippen LogP contribution >= 0.6 is 0 Å². The summed E-state index contributed by atoms with van der Waals surface area (Å²) in [5.41, 5.74) is 0.00805. The quantitative estimate of drug-likeness (QED) is 0.903. The van der Waals surface area contributed by atoms with E-state index in [0.717, 1.165) is 5.56 Å². The summed E-state index contributed by atoms with van der Waals surface area (Å²) in [4.78, 5) is 25.3. The van der Waals surface area contributed by atoms with Crippen molar-refractivity contribution in [1.82, 2.24) is 4.90 Å². The van der Waals surface area contributed by atoms with E-state index in [4.69, 9.17) is 9.84 Å². The highest BCUT2D eigenvalue weighted by molar-refractivity contribution is 5.89. The fraction of sp³-hybridized carbons (Fsp3) is 0.500. The minimum Gasteiger partial charge on any atom is -0.480 e. The number of hydrogen-bond donors (Lipinski definition) is 1. The van der Waals surface area contributed by atoms with Crippen molar-refractivity contribution in [2.45, 2.75) is 38.3 Å². The maximum Gasteiger partial charge on any atom is 0.323 e. The van der Waals surface area contributed by atoms with Crippen LogP contribution in [-0.2, 0) is 14.3 Å². The van der Waals surface area contributed by atoms with Gasteiger partial charge in [0.1, 0.15) is 12.1 Å². The van der Waals surface area contributed by atoms with Crippen molar-refractivity contribution in [3.63, 3.8) is 0 Å². The minimum absolute atomic E-state index is 0.227. The van der Waals surface area contributed by atoms with Gasteiger partial charge in [-0.05, 0) is 18.4 Å². The average Bonchev–Trinajstić information content (AvgIpc) is 2.50. The molecule has 5 nitrogen and oxygen atoms in total. The maximum atomic E-state index is 12.8. The van der Waals surface area contributed by atoms with Crippen molar-refractivity contribution >= 4 is 11.9 Å². The molecule has 0 saturated carbocycles. The second-order valence-electron chi connectivity index (χ2n) is 5.27. The molecule has 1 amide bonds. The Labute approximate surface area is 124 Å². The number of rotatable bonds is 5. The number of nitrogens with zero attached hydrogens (tertiary/aromatic N) is 1. The third-order valence-electron chi connectivity index (χ3n) is 4.18. The molecule has 0 radical (unpaired) electrons. The molecule has 21 heavy (non-hydrogen) atoms. The lowest BCUT2D eigenvalue weighted by atomic mass is 9.91. The van der Waals surface area contributed by atoms with Crippen molar-refractivity contribution in [3.8, 4) is 0 Å². The molecule has 0 bridgehead atoms. The Hall–Kier alpha value is -1.88. The van der Waals surface area contributed by atoms with Gasteiger partial charge in [-0.15, -0.1) is 0 Å². The van der Waals surface area contributed by atoms with Gasteiger partial charge >= 0.3 is 5.97 Å². The lowest BCUT2D eigenvalue weighted by Crippen LogP contribution is -2.58. The summed E-state index contributed by atoms with van der Waals surface area (Å²) in [6.45, 7) is 3.81. The Morgan fingerprint density at radius 2 is 1.95 bits per heavy atom. The predicted molar refractivity (Wildman–Crippen MR) is 77.8 cm³/mol. The van der Waals surface area contributed by atoms with E-state index in [2.05, 4.69) is 0 Å². The molecule has 1 saturated heterocycles. The summed E-state index contributed by atoms with van der Waals surface area (Å²) in [5.74, 6) is -1.23. The van der Waals surface area contributed by atoms with Crippen LogP contribution in [0.15, 0.2) is 30.3 Å². The molecule has 1 aliphatic rings. The monoisotopic (exact) mass is 291 g/mol. The van der Waals surface area contributed by atoms with Gasteiger partial charge in [0.15, 0.2) is 0 Å². The normalized spacial score (nSPS) is 21.3. The van der Waals surface area contributed by atoms with Crippen LogP contribution in [0.2, 0.25) is 0 Å². The van der Waals surface area contributed by atoms with Gasteiger partial charge in [-0.3, -0.25) is 9.59 Å². The van der Waals surface area contributed by atoms with Gasteiger partial charge in [0.05, 0.1) is 12.6 Å². The number of benzene rings is 1. The van der Waals surface area contributed by atoms with Crippen LogP contribution in [0.5, 0.6) is 0 Å². The van der Waals surface area contributed by atoms with E-state index in [0.29, 0.717) is 19.4 Å². The smallest absolute Gasteiger partial charge is 0.323 e. The van der Waals surface area contributed by atoms with Gasteiger partial charge in [0, 0.05) is 0 Å². The van der Waals surface area contributed by atoms with Gasteiger partial charge in [-0.25, -0.2) is 0 Å². The topological polar surface area (TPSA) is 66.8 Å².